The molecular weight excluding hydrogens is 466 g/mol. The van der Waals surface area contributed by atoms with Crippen LogP contribution in [-0.4, -0.2) is 41.1 Å². The minimum Gasteiger partial charge on any atom is -0.493 e. The lowest BCUT2D eigenvalue weighted by atomic mass is 9.87. The summed E-state index contributed by atoms with van der Waals surface area (Å²) in [5.41, 5.74) is 3.05. The Kier molecular flexibility index (Phi) is 5.93. The van der Waals surface area contributed by atoms with E-state index in [0.717, 1.165) is 16.7 Å². The van der Waals surface area contributed by atoms with Gasteiger partial charge in [-0.2, -0.15) is 0 Å². The van der Waals surface area contributed by atoms with Crippen LogP contribution in [0.3, 0.4) is 0 Å². The summed E-state index contributed by atoms with van der Waals surface area (Å²) in [6.07, 6.45) is 0.595. The molecule has 0 N–H and O–H groups in total. The van der Waals surface area contributed by atoms with Gasteiger partial charge in [0.1, 0.15) is 6.54 Å². The first kappa shape index (κ1) is 23.2. The standard InChI is InChI=1S/C26H23N3O7/c1-34-22-12-17-10-11-27(25(16-6-4-3-5-7-16)19(17)14-23(22)35-2)24(30)15-28-20-9-8-18(29(32)33)13-21(20)36-26(28)31/h3-9,12-14,25H,10-11,15H2,1-2H3. The molecule has 0 saturated carbocycles. The van der Waals surface area contributed by atoms with Crippen molar-refractivity contribution < 1.29 is 23.6 Å². The Morgan fingerprint density at radius 1 is 1.08 bits per heavy atom. The third-order valence-corrected chi connectivity index (χ3v) is 6.47. The molecular formula is C26H23N3O7. The molecule has 1 aliphatic rings. The molecule has 0 bridgehead atoms. The summed E-state index contributed by atoms with van der Waals surface area (Å²) in [4.78, 5) is 38.5. The van der Waals surface area contributed by atoms with Gasteiger partial charge in [0.2, 0.25) is 5.91 Å². The lowest BCUT2D eigenvalue weighted by Crippen LogP contribution is -2.43. The van der Waals surface area contributed by atoms with Crippen LogP contribution in [0.5, 0.6) is 11.5 Å². The molecule has 3 aromatic carbocycles. The number of carbonyl (C=O) groups excluding carboxylic acids is 1. The molecule has 0 fully saturated rings. The second kappa shape index (κ2) is 9.21. The molecule has 10 nitrogen and oxygen atoms in total. The summed E-state index contributed by atoms with van der Waals surface area (Å²) >= 11 is 0. The van der Waals surface area contributed by atoms with Gasteiger partial charge in [0.15, 0.2) is 17.1 Å². The molecule has 5 rings (SSSR count). The maximum atomic E-state index is 13.7. The largest absolute Gasteiger partial charge is 0.493 e. The average Bonchev–Trinajstić information content (AvgIpc) is 3.21. The van der Waals surface area contributed by atoms with E-state index in [9.17, 15) is 19.7 Å². The number of hydrogen-bond donors (Lipinski definition) is 0. The number of methoxy groups -OCH3 is 2. The van der Waals surface area contributed by atoms with E-state index >= 15 is 0 Å². The number of carbonyl (C=O) groups is 1. The van der Waals surface area contributed by atoms with E-state index in [2.05, 4.69) is 0 Å². The molecule has 1 unspecified atom stereocenters. The van der Waals surface area contributed by atoms with Crippen molar-refractivity contribution in [1.29, 1.82) is 0 Å². The van der Waals surface area contributed by atoms with Crippen molar-refractivity contribution >= 4 is 22.7 Å². The van der Waals surface area contributed by atoms with Gasteiger partial charge in [0.05, 0.1) is 36.8 Å². The van der Waals surface area contributed by atoms with Crippen molar-refractivity contribution in [2.75, 3.05) is 20.8 Å². The molecule has 0 radical (unpaired) electrons. The van der Waals surface area contributed by atoms with Crippen LogP contribution in [0, 0.1) is 10.1 Å². The predicted octanol–water partition coefficient (Wildman–Crippen LogP) is 3.69. The average molecular weight is 489 g/mol. The number of aromatic nitrogens is 1. The first-order valence-corrected chi connectivity index (χ1v) is 11.3. The van der Waals surface area contributed by atoms with Gasteiger partial charge in [0, 0.05) is 12.6 Å². The number of nitro groups is 1. The molecule has 2 heterocycles. The minimum absolute atomic E-state index is 0.0578. The molecule has 1 aliphatic heterocycles. The van der Waals surface area contributed by atoms with Crippen LogP contribution in [0.15, 0.2) is 69.9 Å². The van der Waals surface area contributed by atoms with Crippen LogP contribution in [-0.2, 0) is 17.8 Å². The van der Waals surface area contributed by atoms with Gasteiger partial charge in [-0.3, -0.25) is 19.5 Å². The van der Waals surface area contributed by atoms with Gasteiger partial charge in [-0.05, 0) is 41.3 Å². The lowest BCUT2D eigenvalue weighted by molar-refractivity contribution is -0.384. The van der Waals surface area contributed by atoms with Crippen LogP contribution >= 0.6 is 0 Å². The predicted molar refractivity (Wildman–Crippen MR) is 130 cm³/mol. The highest BCUT2D eigenvalue weighted by atomic mass is 16.6. The molecule has 36 heavy (non-hydrogen) atoms. The normalized spacial score (nSPS) is 14.9. The fourth-order valence-electron chi connectivity index (χ4n) is 4.75. The van der Waals surface area contributed by atoms with Gasteiger partial charge in [-0.1, -0.05) is 30.3 Å². The monoisotopic (exact) mass is 489 g/mol. The number of nitrogens with zero attached hydrogens (tertiary/aromatic N) is 3. The van der Waals surface area contributed by atoms with E-state index < -0.39 is 16.7 Å². The zero-order valence-corrected chi connectivity index (χ0v) is 19.7. The van der Waals surface area contributed by atoms with E-state index in [-0.39, 0.29) is 23.7 Å². The Balaban J connectivity index is 1.55. The number of fused-ring (bicyclic) bond motifs is 2. The number of nitro benzene ring substituents is 1. The Labute approximate surface area is 205 Å². The zero-order chi connectivity index (χ0) is 25.4. The summed E-state index contributed by atoms with van der Waals surface area (Å²) in [6.45, 7) is 0.159. The number of ether oxygens (including phenoxy) is 2. The highest BCUT2D eigenvalue weighted by Crippen LogP contribution is 2.41. The summed E-state index contributed by atoms with van der Waals surface area (Å²) in [6, 6.07) is 16.9. The highest BCUT2D eigenvalue weighted by Gasteiger charge is 2.34. The molecule has 1 aromatic heterocycles. The van der Waals surface area contributed by atoms with Gasteiger partial charge in [0.25, 0.3) is 5.69 Å². The quantitative estimate of drug-likeness (QED) is 0.299. The highest BCUT2D eigenvalue weighted by molar-refractivity contribution is 5.81. The molecule has 0 aliphatic carbocycles. The molecule has 0 spiro atoms. The van der Waals surface area contributed by atoms with Crippen LogP contribution in [0.1, 0.15) is 22.7 Å². The number of amides is 1. The zero-order valence-electron chi connectivity index (χ0n) is 19.7. The summed E-state index contributed by atoms with van der Waals surface area (Å²) in [5, 5.41) is 11.1. The maximum Gasteiger partial charge on any atom is 0.420 e. The SMILES string of the molecule is COc1cc2c(cc1OC)C(c1ccccc1)N(C(=O)Cn1c(=O)oc3cc([N+](=O)[O-])ccc31)CC2. The van der Waals surface area contributed by atoms with Gasteiger partial charge in [-0.25, -0.2) is 4.79 Å². The van der Waals surface area contributed by atoms with Crippen molar-refractivity contribution in [3.05, 3.63) is 98.0 Å². The summed E-state index contributed by atoms with van der Waals surface area (Å²) in [5.74, 6) is 0.143. The van der Waals surface area contributed by atoms with E-state index in [4.69, 9.17) is 13.9 Å². The Morgan fingerprint density at radius 3 is 2.50 bits per heavy atom. The lowest BCUT2D eigenvalue weighted by Gasteiger charge is -2.38. The molecule has 10 heteroatoms. The minimum atomic E-state index is -0.751. The number of hydrogen-bond acceptors (Lipinski definition) is 7. The van der Waals surface area contributed by atoms with Gasteiger partial charge in [-0.15, -0.1) is 0 Å². The number of oxazole rings is 1. The molecule has 0 saturated heterocycles. The van der Waals surface area contributed by atoms with Crippen molar-refractivity contribution in [3.63, 3.8) is 0 Å². The second-order valence-electron chi connectivity index (χ2n) is 8.42. The first-order valence-electron chi connectivity index (χ1n) is 11.3. The summed E-state index contributed by atoms with van der Waals surface area (Å²) < 4.78 is 17.4. The van der Waals surface area contributed by atoms with Crippen LogP contribution < -0.4 is 15.2 Å². The van der Waals surface area contributed by atoms with Crippen LogP contribution in [0.2, 0.25) is 0 Å². The Hall–Kier alpha value is -4.60. The van der Waals surface area contributed by atoms with Crippen molar-refractivity contribution in [1.82, 2.24) is 9.47 Å². The van der Waals surface area contributed by atoms with Crippen LogP contribution in [0.25, 0.3) is 11.1 Å². The smallest absolute Gasteiger partial charge is 0.420 e. The molecule has 184 valence electrons. The van der Waals surface area contributed by atoms with Gasteiger partial charge < -0.3 is 18.8 Å². The fourth-order valence-corrected chi connectivity index (χ4v) is 4.75. The van der Waals surface area contributed by atoms with Crippen LogP contribution in [0.4, 0.5) is 5.69 Å². The van der Waals surface area contributed by atoms with E-state index in [0.29, 0.717) is 30.0 Å². The topological polar surface area (TPSA) is 117 Å². The molecule has 1 atom stereocenters. The van der Waals surface area contributed by atoms with Crippen molar-refractivity contribution in [3.8, 4) is 11.5 Å². The van der Waals surface area contributed by atoms with E-state index in [1.807, 2.05) is 42.5 Å². The maximum absolute atomic E-state index is 13.7. The Bertz CT molecular complexity index is 1520. The molecule has 4 aromatic rings. The third kappa shape index (κ3) is 3.96. The Morgan fingerprint density at radius 2 is 1.81 bits per heavy atom. The summed E-state index contributed by atoms with van der Waals surface area (Å²) in [7, 11) is 3.15. The number of rotatable bonds is 6. The number of benzene rings is 3. The fraction of sp³-hybridized carbons (Fsp3) is 0.231. The second-order valence-corrected chi connectivity index (χ2v) is 8.42. The van der Waals surface area contributed by atoms with Crippen molar-refractivity contribution in [2.45, 2.75) is 19.0 Å². The van der Waals surface area contributed by atoms with E-state index in [1.54, 1.807) is 19.1 Å². The number of non-ortho nitro benzene ring substituents is 1. The first-order chi connectivity index (χ1) is 17.4. The third-order valence-electron chi connectivity index (χ3n) is 6.47. The van der Waals surface area contributed by atoms with Gasteiger partial charge >= 0.3 is 5.76 Å². The molecule has 1 amide bonds. The van der Waals surface area contributed by atoms with E-state index in [1.165, 1.54) is 22.8 Å². The van der Waals surface area contributed by atoms with Crippen molar-refractivity contribution in [2.24, 2.45) is 0 Å².